The van der Waals surface area contributed by atoms with Crippen LogP contribution in [0.5, 0.6) is 0 Å². The minimum absolute atomic E-state index is 0.198. The molecule has 0 radical (unpaired) electrons. The number of nitrogens with one attached hydrogen (secondary N) is 2. The van der Waals surface area contributed by atoms with E-state index >= 15 is 0 Å². The number of carbonyl (C=O) groups is 2. The first-order chi connectivity index (χ1) is 9.66. The largest absolute Gasteiger partial charge is 0.480 e. The molecule has 7 nitrogen and oxygen atoms in total. The summed E-state index contributed by atoms with van der Waals surface area (Å²) in [5.41, 5.74) is 0.684. The maximum absolute atomic E-state index is 12.1. The van der Waals surface area contributed by atoms with Crippen molar-refractivity contribution in [3.8, 4) is 0 Å². The second-order valence-corrected chi connectivity index (χ2v) is 5.80. The van der Waals surface area contributed by atoms with Gasteiger partial charge in [0.2, 0.25) is 0 Å². The summed E-state index contributed by atoms with van der Waals surface area (Å²) in [6.07, 6.45) is 4.19. The number of aliphatic carboxylic acids is 1. The summed E-state index contributed by atoms with van der Waals surface area (Å²) in [5.74, 6) is 0.892. The number of urea groups is 1. The number of aromatic amines is 1. The Bertz CT molecular complexity index is 444. The molecule has 0 saturated carbocycles. The van der Waals surface area contributed by atoms with Crippen LogP contribution < -0.4 is 5.32 Å². The molecular weight excluding hydrogens is 280 g/mol. The zero-order valence-corrected chi connectivity index (χ0v) is 11.9. The van der Waals surface area contributed by atoms with Crippen LogP contribution in [-0.4, -0.2) is 62.6 Å². The van der Waals surface area contributed by atoms with Crippen molar-refractivity contribution in [2.45, 2.75) is 18.9 Å². The maximum Gasteiger partial charge on any atom is 0.326 e. The van der Waals surface area contributed by atoms with E-state index in [2.05, 4.69) is 15.3 Å². The van der Waals surface area contributed by atoms with Gasteiger partial charge in [0, 0.05) is 37.2 Å². The first kappa shape index (κ1) is 14.7. The molecule has 0 spiro atoms. The predicted octanol–water partition coefficient (Wildman–Crippen LogP) is 0.554. The summed E-state index contributed by atoms with van der Waals surface area (Å²) in [4.78, 5) is 31.7. The van der Waals surface area contributed by atoms with Gasteiger partial charge in [0.15, 0.2) is 0 Å². The zero-order chi connectivity index (χ0) is 14.4. The first-order valence-electron chi connectivity index (χ1n) is 6.50. The molecule has 1 aliphatic heterocycles. The van der Waals surface area contributed by atoms with Crippen molar-refractivity contribution in [1.82, 2.24) is 20.2 Å². The number of amides is 2. The van der Waals surface area contributed by atoms with Crippen LogP contribution >= 0.6 is 11.8 Å². The van der Waals surface area contributed by atoms with Crippen molar-refractivity contribution >= 4 is 23.8 Å². The van der Waals surface area contributed by atoms with Gasteiger partial charge in [-0.25, -0.2) is 14.6 Å². The smallest absolute Gasteiger partial charge is 0.326 e. The molecule has 2 amide bonds. The maximum atomic E-state index is 12.1. The molecule has 2 rings (SSSR count). The molecule has 8 heteroatoms. The van der Waals surface area contributed by atoms with E-state index in [0.717, 1.165) is 17.9 Å². The van der Waals surface area contributed by atoms with E-state index in [1.165, 1.54) is 6.33 Å². The Morgan fingerprint density at radius 3 is 3.05 bits per heavy atom. The number of aromatic nitrogens is 2. The minimum Gasteiger partial charge on any atom is -0.480 e. The SMILES string of the molecule is O=C(O)[C@@H](Cc1cnc[nH]1)NC(=O)N1CCCSCC1. The third kappa shape index (κ3) is 4.16. The Labute approximate surface area is 121 Å². The molecule has 1 aromatic rings. The lowest BCUT2D eigenvalue weighted by molar-refractivity contribution is -0.139. The van der Waals surface area contributed by atoms with Crippen molar-refractivity contribution in [2.24, 2.45) is 0 Å². The van der Waals surface area contributed by atoms with Gasteiger partial charge >= 0.3 is 12.0 Å². The molecule has 0 unspecified atom stereocenters. The number of thioether (sulfide) groups is 1. The molecule has 1 atom stereocenters. The van der Waals surface area contributed by atoms with E-state index < -0.39 is 12.0 Å². The molecule has 1 fully saturated rings. The molecule has 3 N–H and O–H groups in total. The molecule has 0 bridgehead atoms. The number of nitrogens with zero attached hydrogens (tertiary/aromatic N) is 2. The second kappa shape index (κ2) is 7.18. The molecule has 1 aromatic heterocycles. The predicted molar refractivity (Wildman–Crippen MR) is 75.8 cm³/mol. The number of carbonyl (C=O) groups excluding carboxylic acids is 1. The highest BCUT2D eigenvalue weighted by Gasteiger charge is 2.24. The van der Waals surface area contributed by atoms with Crippen LogP contribution in [0.4, 0.5) is 4.79 Å². The highest BCUT2D eigenvalue weighted by atomic mass is 32.2. The second-order valence-electron chi connectivity index (χ2n) is 4.57. The average Bonchev–Trinajstić information content (AvgIpc) is 2.77. The Morgan fingerprint density at radius 1 is 1.50 bits per heavy atom. The molecule has 2 heterocycles. The normalized spacial score (nSPS) is 17.3. The summed E-state index contributed by atoms with van der Waals surface area (Å²) in [7, 11) is 0. The van der Waals surface area contributed by atoms with Gasteiger partial charge in [-0.2, -0.15) is 11.8 Å². The number of hydrogen-bond donors (Lipinski definition) is 3. The van der Waals surface area contributed by atoms with E-state index in [4.69, 9.17) is 0 Å². The van der Waals surface area contributed by atoms with Crippen LogP contribution in [0, 0.1) is 0 Å². The standard InChI is InChI=1S/C12H18N4O3S/c17-11(18)10(6-9-7-13-8-14-9)15-12(19)16-2-1-4-20-5-3-16/h7-8,10H,1-6H2,(H,13,14)(H,15,19)(H,17,18)/t10-/m1/s1. The van der Waals surface area contributed by atoms with E-state index in [1.807, 2.05) is 11.8 Å². The summed E-state index contributed by atoms with van der Waals surface area (Å²) < 4.78 is 0. The lowest BCUT2D eigenvalue weighted by Crippen LogP contribution is -2.49. The quantitative estimate of drug-likeness (QED) is 0.754. The lowest BCUT2D eigenvalue weighted by atomic mass is 10.1. The van der Waals surface area contributed by atoms with E-state index in [-0.39, 0.29) is 12.5 Å². The van der Waals surface area contributed by atoms with Crippen LogP contribution in [0.25, 0.3) is 0 Å². The molecule has 20 heavy (non-hydrogen) atoms. The third-order valence-electron chi connectivity index (χ3n) is 3.08. The van der Waals surface area contributed by atoms with Gasteiger partial charge in [-0.3, -0.25) is 0 Å². The van der Waals surface area contributed by atoms with Gasteiger partial charge in [-0.1, -0.05) is 0 Å². The summed E-state index contributed by atoms with van der Waals surface area (Å²) in [5, 5.41) is 11.8. The number of rotatable bonds is 4. The number of imidazole rings is 1. The summed E-state index contributed by atoms with van der Waals surface area (Å²) >= 11 is 1.81. The Morgan fingerprint density at radius 2 is 2.35 bits per heavy atom. The number of hydrogen-bond acceptors (Lipinski definition) is 4. The number of carboxylic acid groups (broad SMARTS) is 1. The molecule has 0 aliphatic carbocycles. The van der Waals surface area contributed by atoms with Gasteiger partial charge in [0.25, 0.3) is 0 Å². The van der Waals surface area contributed by atoms with Crippen LogP contribution in [0.2, 0.25) is 0 Å². The minimum atomic E-state index is -1.04. The fourth-order valence-corrected chi connectivity index (χ4v) is 2.89. The van der Waals surface area contributed by atoms with Gasteiger partial charge in [-0.05, 0) is 12.2 Å². The average molecular weight is 298 g/mol. The van der Waals surface area contributed by atoms with Crippen LogP contribution in [-0.2, 0) is 11.2 Å². The van der Waals surface area contributed by atoms with Crippen molar-refractivity contribution in [1.29, 1.82) is 0 Å². The topological polar surface area (TPSA) is 98.3 Å². The Balaban J connectivity index is 1.93. The van der Waals surface area contributed by atoms with Gasteiger partial charge in [0.05, 0.1) is 6.33 Å². The molecule has 110 valence electrons. The van der Waals surface area contributed by atoms with E-state index in [0.29, 0.717) is 18.8 Å². The van der Waals surface area contributed by atoms with Crippen molar-refractivity contribution in [3.05, 3.63) is 18.2 Å². The zero-order valence-electron chi connectivity index (χ0n) is 11.0. The van der Waals surface area contributed by atoms with Crippen LogP contribution in [0.1, 0.15) is 12.1 Å². The summed E-state index contributed by atoms with van der Waals surface area (Å²) in [6, 6.07) is -1.25. The molecule has 1 saturated heterocycles. The Kier molecular flexibility index (Phi) is 5.28. The van der Waals surface area contributed by atoms with Gasteiger partial charge in [-0.15, -0.1) is 0 Å². The Hall–Kier alpha value is -1.70. The van der Waals surface area contributed by atoms with E-state index in [9.17, 15) is 14.7 Å². The summed E-state index contributed by atoms with van der Waals surface area (Å²) in [6.45, 7) is 1.34. The van der Waals surface area contributed by atoms with Gasteiger partial charge < -0.3 is 20.3 Å². The third-order valence-corrected chi connectivity index (χ3v) is 4.13. The molecular formula is C12H18N4O3S. The van der Waals surface area contributed by atoms with E-state index in [1.54, 1.807) is 11.1 Å². The van der Waals surface area contributed by atoms with Crippen molar-refractivity contribution in [3.63, 3.8) is 0 Å². The van der Waals surface area contributed by atoms with Crippen molar-refractivity contribution in [2.75, 3.05) is 24.6 Å². The molecule has 0 aromatic carbocycles. The highest BCUT2D eigenvalue weighted by Crippen LogP contribution is 2.10. The molecule has 1 aliphatic rings. The lowest BCUT2D eigenvalue weighted by Gasteiger charge is -2.23. The number of H-pyrrole nitrogens is 1. The van der Waals surface area contributed by atoms with Crippen molar-refractivity contribution < 1.29 is 14.7 Å². The monoisotopic (exact) mass is 298 g/mol. The fourth-order valence-electron chi connectivity index (χ4n) is 2.01. The first-order valence-corrected chi connectivity index (χ1v) is 7.65. The van der Waals surface area contributed by atoms with Gasteiger partial charge in [0.1, 0.15) is 6.04 Å². The highest BCUT2D eigenvalue weighted by molar-refractivity contribution is 7.99. The van der Waals surface area contributed by atoms with Crippen LogP contribution in [0.3, 0.4) is 0 Å². The fraction of sp³-hybridized carbons (Fsp3) is 0.583. The van der Waals surface area contributed by atoms with Crippen LogP contribution in [0.15, 0.2) is 12.5 Å². The number of carboxylic acids is 1.